The van der Waals surface area contributed by atoms with Crippen molar-refractivity contribution >= 4 is 32.5 Å². The molecule has 0 saturated carbocycles. The summed E-state index contributed by atoms with van der Waals surface area (Å²) < 4.78 is 11.1. The minimum atomic E-state index is -0.341. The maximum atomic E-state index is 11.5. The van der Waals surface area contributed by atoms with Crippen molar-refractivity contribution in [1.29, 1.82) is 0 Å². The Morgan fingerprint density at radius 3 is 1.97 bits per heavy atom. The van der Waals surface area contributed by atoms with Crippen LogP contribution in [-0.4, -0.2) is 5.11 Å². The summed E-state index contributed by atoms with van der Waals surface area (Å²) >= 11 is 0. The Balaban J connectivity index is 0.000000186. The molecule has 0 saturated heterocycles. The van der Waals surface area contributed by atoms with Gasteiger partial charge in [-0.3, -0.25) is 0 Å². The molecular weight excluding hydrogens is 448 g/mol. The van der Waals surface area contributed by atoms with E-state index in [0.29, 0.717) is 17.9 Å². The van der Waals surface area contributed by atoms with E-state index < -0.39 is 0 Å². The lowest BCUT2D eigenvalue weighted by Crippen LogP contribution is -1.99. The number of aryl methyl sites for hydroxylation is 1. The largest absolute Gasteiger partial charge is 0.489 e. The molecule has 4 nitrogen and oxygen atoms in total. The Hall–Kier alpha value is -4.41. The van der Waals surface area contributed by atoms with Crippen LogP contribution in [0, 0.1) is 6.92 Å². The molecule has 0 aliphatic carbocycles. The maximum Gasteiger partial charge on any atom is 0.336 e. The van der Waals surface area contributed by atoms with Crippen LogP contribution in [0.15, 0.2) is 118 Å². The first-order valence-corrected chi connectivity index (χ1v) is 11.8. The average Bonchev–Trinajstić information content (AvgIpc) is 2.91. The third kappa shape index (κ3) is 5.29. The summed E-state index contributed by atoms with van der Waals surface area (Å²) in [7, 11) is 0. The molecule has 0 unspecified atom stereocenters. The first kappa shape index (κ1) is 23.3. The van der Waals surface area contributed by atoms with E-state index >= 15 is 0 Å². The summed E-state index contributed by atoms with van der Waals surface area (Å²) in [4.78, 5) is 11.5. The van der Waals surface area contributed by atoms with Crippen molar-refractivity contribution in [3.8, 4) is 5.75 Å². The minimum Gasteiger partial charge on any atom is -0.489 e. The summed E-state index contributed by atoms with van der Waals surface area (Å²) in [6, 6.07) is 35.7. The molecule has 1 N–H and O–H groups in total. The van der Waals surface area contributed by atoms with Crippen molar-refractivity contribution in [2.24, 2.45) is 0 Å². The van der Waals surface area contributed by atoms with E-state index in [4.69, 9.17) is 14.3 Å². The van der Waals surface area contributed by atoms with Crippen molar-refractivity contribution in [2.75, 3.05) is 0 Å². The number of aliphatic hydroxyl groups excluding tert-OH is 1. The molecule has 6 aromatic rings. The zero-order valence-electron chi connectivity index (χ0n) is 20.0. The van der Waals surface area contributed by atoms with Gasteiger partial charge in [-0.05, 0) is 69.4 Å². The molecule has 0 bridgehead atoms. The van der Waals surface area contributed by atoms with Gasteiger partial charge in [-0.15, -0.1) is 0 Å². The highest BCUT2D eigenvalue weighted by atomic mass is 16.5. The summed E-state index contributed by atoms with van der Waals surface area (Å²) in [5, 5.41) is 14.6. The summed E-state index contributed by atoms with van der Waals surface area (Å²) in [5.41, 5.74) is 3.18. The average molecular weight is 475 g/mol. The lowest BCUT2D eigenvalue weighted by atomic mass is 10.1. The molecule has 0 aliphatic heterocycles. The van der Waals surface area contributed by atoms with Crippen molar-refractivity contribution < 1.29 is 14.3 Å². The summed E-state index contributed by atoms with van der Waals surface area (Å²) in [6.45, 7) is 2.48. The fourth-order valence-electron chi connectivity index (χ4n) is 4.23. The summed E-state index contributed by atoms with van der Waals surface area (Å²) in [5.74, 6) is 0.685. The summed E-state index contributed by atoms with van der Waals surface area (Å²) in [6.07, 6.45) is 0. The van der Waals surface area contributed by atoms with E-state index in [9.17, 15) is 4.79 Å². The minimum absolute atomic E-state index is 0.116. The smallest absolute Gasteiger partial charge is 0.336 e. The highest BCUT2D eigenvalue weighted by Gasteiger charge is 2.05. The molecule has 0 aliphatic rings. The van der Waals surface area contributed by atoms with Gasteiger partial charge in [0.15, 0.2) is 0 Å². The number of fused-ring (bicyclic) bond motifs is 3. The molecule has 178 valence electrons. The fourth-order valence-corrected chi connectivity index (χ4v) is 4.23. The SMILES string of the molecule is Cc1cc(=O)oc2cc(OCc3ccc4ccccc4c3)ccc12.OCc1ccc2ccccc2c1. The molecule has 1 heterocycles. The number of ether oxygens (including phenoxy) is 1. The zero-order valence-corrected chi connectivity index (χ0v) is 20.0. The van der Waals surface area contributed by atoms with Crippen LogP contribution in [0.5, 0.6) is 5.75 Å². The van der Waals surface area contributed by atoms with Gasteiger partial charge in [-0.25, -0.2) is 4.79 Å². The van der Waals surface area contributed by atoms with Gasteiger partial charge in [0.2, 0.25) is 0 Å². The van der Waals surface area contributed by atoms with Crippen LogP contribution in [-0.2, 0) is 13.2 Å². The number of aliphatic hydroxyl groups is 1. The van der Waals surface area contributed by atoms with Crippen molar-refractivity contribution in [3.05, 3.63) is 136 Å². The third-order valence-electron chi connectivity index (χ3n) is 6.14. The number of hydrogen-bond acceptors (Lipinski definition) is 4. The van der Waals surface area contributed by atoms with Gasteiger partial charge in [0.25, 0.3) is 0 Å². The molecule has 6 rings (SSSR count). The maximum absolute atomic E-state index is 11.5. The Bertz CT molecular complexity index is 1720. The van der Waals surface area contributed by atoms with Crippen LogP contribution in [0.3, 0.4) is 0 Å². The van der Waals surface area contributed by atoms with Gasteiger partial charge >= 0.3 is 5.63 Å². The van der Waals surface area contributed by atoms with E-state index in [2.05, 4.69) is 42.5 Å². The normalized spacial score (nSPS) is 10.8. The standard InChI is InChI=1S/C21H16O3.C11H10O/c1-14-10-21(22)24-20-12-18(8-9-19(14)20)23-13-15-6-7-16-4-2-3-5-17(16)11-15;12-8-9-5-6-10-3-1-2-4-11(10)7-9/h2-12H,13H2,1H3;1-7,12H,8H2. The predicted octanol–water partition coefficient (Wildman–Crippen LogP) is 7.17. The van der Waals surface area contributed by atoms with Gasteiger partial charge in [0, 0.05) is 17.5 Å². The van der Waals surface area contributed by atoms with Crippen LogP contribution in [0.2, 0.25) is 0 Å². The van der Waals surface area contributed by atoms with Crippen molar-refractivity contribution in [3.63, 3.8) is 0 Å². The molecule has 0 atom stereocenters. The van der Waals surface area contributed by atoms with Crippen LogP contribution in [0.1, 0.15) is 16.7 Å². The second-order valence-electron chi connectivity index (χ2n) is 8.72. The Morgan fingerprint density at radius 2 is 1.31 bits per heavy atom. The molecule has 0 fully saturated rings. The topological polar surface area (TPSA) is 59.7 Å². The first-order chi connectivity index (χ1) is 17.6. The third-order valence-corrected chi connectivity index (χ3v) is 6.14. The van der Waals surface area contributed by atoms with Crippen molar-refractivity contribution in [2.45, 2.75) is 20.1 Å². The van der Waals surface area contributed by atoms with Crippen LogP contribution in [0.25, 0.3) is 32.5 Å². The van der Waals surface area contributed by atoms with E-state index in [-0.39, 0.29) is 12.2 Å². The second kappa shape index (κ2) is 10.5. The van der Waals surface area contributed by atoms with E-state index in [1.165, 1.54) is 27.6 Å². The Morgan fingerprint density at radius 1 is 0.694 bits per heavy atom. The molecule has 0 spiro atoms. The second-order valence-corrected chi connectivity index (χ2v) is 8.72. The number of benzene rings is 5. The Kier molecular flexibility index (Phi) is 6.78. The van der Waals surface area contributed by atoms with E-state index in [0.717, 1.165) is 22.1 Å². The van der Waals surface area contributed by atoms with Gasteiger partial charge in [0.1, 0.15) is 17.9 Å². The van der Waals surface area contributed by atoms with Gasteiger partial charge in [-0.2, -0.15) is 0 Å². The predicted molar refractivity (Wildman–Crippen MR) is 145 cm³/mol. The lowest BCUT2D eigenvalue weighted by molar-refractivity contribution is 0.282. The number of rotatable bonds is 4. The van der Waals surface area contributed by atoms with Crippen LogP contribution < -0.4 is 10.4 Å². The molecule has 4 heteroatoms. The molecule has 36 heavy (non-hydrogen) atoms. The number of hydrogen-bond donors (Lipinski definition) is 1. The highest BCUT2D eigenvalue weighted by Crippen LogP contribution is 2.23. The first-order valence-electron chi connectivity index (χ1n) is 11.8. The van der Waals surface area contributed by atoms with Gasteiger partial charge < -0.3 is 14.3 Å². The molecule has 1 aromatic heterocycles. The van der Waals surface area contributed by atoms with Crippen molar-refractivity contribution in [1.82, 2.24) is 0 Å². The Labute approximate surface area is 209 Å². The van der Waals surface area contributed by atoms with E-state index in [1.54, 1.807) is 6.07 Å². The van der Waals surface area contributed by atoms with E-state index in [1.807, 2.05) is 61.5 Å². The molecule has 0 radical (unpaired) electrons. The molecule has 0 amide bonds. The lowest BCUT2D eigenvalue weighted by Gasteiger charge is -2.08. The van der Waals surface area contributed by atoms with Gasteiger partial charge in [-0.1, -0.05) is 72.8 Å². The molecular formula is C32H26O4. The quantitative estimate of drug-likeness (QED) is 0.275. The fraction of sp³-hybridized carbons (Fsp3) is 0.0938. The molecule has 5 aromatic carbocycles. The van der Waals surface area contributed by atoms with Crippen LogP contribution in [0.4, 0.5) is 0 Å². The zero-order chi connectivity index (χ0) is 24.9. The highest BCUT2D eigenvalue weighted by molar-refractivity contribution is 5.84. The monoisotopic (exact) mass is 474 g/mol. The van der Waals surface area contributed by atoms with Crippen LogP contribution >= 0.6 is 0 Å². The van der Waals surface area contributed by atoms with Gasteiger partial charge in [0.05, 0.1) is 6.61 Å².